The van der Waals surface area contributed by atoms with Crippen LogP contribution in [0, 0.1) is 6.42 Å². The van der Waals surface area contributed by atoms with Crippen molar-refractivity contribution in [3.63, 3.8) is 0 Å². The topological polar surface area (TPSA) is 21.6 Å². The van der Waals surface area contributed by atoms with Crippen molar-refractivity contribution >= 4 is 17.3 Å². The van der Waals surface area contributed by atoms with Crippen LogP contribution >= 0.6 is 11.6 Å². The van der Waals surface area contributed by atoms with E-state index >= 15 is 0 Å². The Hall–Kier alpha value is -0.240. The minimum absolute atomic E-state index is 0.0231. The molecule has 3 heteroatoms. The summed E-state index contributed by atoms with van der Waals surface area (Å²) < 4.78 is 0. The quantitative estimate of drug-likeness (QED) is 0.388. The smallest absolute Gasteiger partial charge is 0.106 e. The fraction of sp³-hybridized carbons (Fsp3) is 0.600. The van der Waals surface area contributed by atoms with E-state index in [1.807, 2.05) is 6.42 Å². The molecule has 0 aliphatic heterocycles. The van der Waals surface area contributed by atoms with Gasteiger partial charge in [-0.05, 0) is 12.8 Å². The van der Waals surface area contributed by atoms with E-state index in [0.717, 1.165) is 12.1 Å². The van der Waals surface area contributed by atoms with Crippen molar-refractivity contribution in [2.75, 3.05) is 7.11 Å². The lowest BCUT2D eigenvalue weighted by Gasteiger charge is -2.19. The second-order valence-electron chi connectivity index (χ2n) is 1.61. The lowest BCUT2D eigenvalue weighted by Crippen LogP contribution is -2.27. The molecule has 2 nitrogen and oxygen atoms in total. The van der Waals surface area contributed by atoms with Crippen LogP contribution in [0.25, 0.3) is 0 Å². The van der Waals surface area contributed by atoms with Gasteiger partial charge in [-0.3, -0.25) is 0 Å². The first-order valence-corrected chi connectivity index (χ1v) is 2.85. The number of rotatable bonds is 1. The maximum absolute atomic E-state index is 5.63. The highest BCUT2D eigenvalue weighted by atomic mass is 35.5. The molecule has 1 saturated carbocycles. The highest BCUT2D eigenvalue weighted by Crippen LogP contribution is 2.20. The van der Waals surface area contributed by atoms with Gasteiger partial charge in [0.15, 0.2) is 0 Å². The predicted octanol–water partition coefficient (Wildman–Crippen LogP) is 1.20. The van der Waals surface area contributed by atoms with E-state index in [9.17, 15) is 0 Å². The summed E-state index contributed by atoms with van der Waals surface area (Å²) in [5.41, 5.74) is 0.925. The molecule has 1 aliphatic rings. The Labute approximate surface area is 53.5 Å². The van der Waals surface area contributed by atoms with Crippen LogP contribution in [0.1, 0.15) is 6.42 Å². The number of hydrogen-bond donors (Lipinski definition) is 0. The average molecular weight is 133 g/mol. The monoisotopic (exact) mass is 132 g/mol. The van der Waals surface area contributed by atoms with Gasteiger partial charge in [-0.25, -0.2) is 0 Å². The highest BCUT2D eigenvalue weighted by Gasteiger charge is 2.24. The van der Waals surface area contributed by atoms with Crippen molar-refractivity contribution in [2.24, 2.45) is 5.16 Å². The second-order valence-corrected chi connectivity index (χ2v) is 2.08. The van der Waals surface area contributed by atoms with Crippen LogP contribution in [0.3, 0.4) is 0 Å². The molecule has 0 aromatic heterocycles. The van der Waals surface area contributed by atoms with E-state index in [2.05, 4.69) is 9.99 Å². The summed E-state index contributed by atoms with van der Waals surface area (Å²) in [7, 11) is 1.52. The molecule has 1 atom stereocenters. The summed E-state index contributed by atoms with van der Waals surface area (Å²) >= 11 is 5.63. The third kappa shape index (κ3) is 0.944. The summed E-state index contributed by atoms with van der Waals surface area (Å²) in [6.45, 7) is 0. The van der Waals surface area contributed by atoms with Crippen LogP contribution in [-0.2, 0) is 4.84 Å². The molecule has 0 aromatic rings. The van der Waals surface area contributed by atoms with Crippen molar-refractivity contribution in [3.8, 4) is 0 Å². The third-order valence-corrected chi connectivity index (χ3v) is 1.49. The minimum atomic E-state index is 0.0231. The summed E-state index contributed by atoms with van der Waals surface area (Å²) in [4.78, 5) is 4.50. The van der Waals surface area contributed by atoms with E-state index < -0.39 is 0 Å². The highest BCUT2D eigenvalue weighted by molar-refractivity contribution is 6.36. The van der Waals surface area contributed by atoms with Crippen molar-refractivity contribution in [3.05, 3.63) is 6.42 Å². The Morgan fingerprint density at radius 1 is 2.00 bits per heavy atom. The second kappa shape index (κ2) is 2.35. The number of halogens is 1. The van der Waals surface area contributed by atoms with Crippen molar-refractivity contribution in [1.29, 1.82) is 0 Å². The molecule has 0 bridgehead atoms. The Balaban J connectivity index is 2.36. The zero-order chi connectivity index (χ0) is 5.98. The summed E-state index contributed by atoms with van der Waals surface area (Å²) in [6.07, 6.45) is 2.85. The van der Waals surface area contributed by atoms with E-state index in [4.69, 9.17) is 11.6 Å². The number of alkyl halides is 1. The van der Waals surface area contributed by atoms with Crippen molar-refractivity contribution in [2.45, 2.75) is 11.8 Å². The van der Waals surface area contributed by atoms with Gasteiger partial charge in [0.25, 0.3) is 0 Å². The number of oxime groups is 1. The molecule has 45 valence electrons. The van der Waals surface area contributed by atoms with Gasteiger partial charge in [-0.2, -0.15) is 0 Å². The van der Waals surface area contributed by atoms with Crippen LogP contribution in [-0.4, -0.2) is 18.2 Å². The van der Waals surface area contributed by atoms with Gasteiger partial charge in [-0.15, -0.1) is 11.6 Å². The number of hydrogen-bond acceptors (Lipinski definition) is 2. The zero-order valence-corrected chi connectivity index (χ0v) is 5.35. The maximum atomic E-state index is 5.63. The van der Waals surface area contributed by atoms with E-state index in [1.54, 1.807) is 0 Å². The molecule has 1 aliphatic carbocycles. The molecular formula is C5H7ClNO. The SMILES string of the molecule is CON=C1C[CH]C1Cl. The fourth-order valence-corrected chi connectivity index (χ4v) is 0.735. The Kier molecular flexibility index (Phi) is 1.73. The van der Waals surface area contributed by atoms with E-state index in [-0.39, 0.29) is 5.38 Å². The first-order valence-electron chi connectivity index (χ1n) is 2.42. The van der Waals surface area contributed by atoms with Gasteiger partial charge in [0.1, 0.15) is 7.11 Å². The average Bonchev–Trinajstić information content (AvgIpc) is 1.79. The Bertz CT molecular complexity index is 113. The molecule has 1 radical (unpaired) electrons. The Morgan fingerprint density at radius 3 is 2.88 bits per heavy atom. The van der Waals surface area contributed by atoms with Gasteiger partial charge in [0.05, 0.1) is 11.1 Å². The van der Waals surface area contributed by atoms with Gasteiger partial charge in [-0.1, -0.05) is 5.16 Å². The largest absolute Gasteiger partial charge is 0.399 e. The minimum Gasteiger partial charge on any atom is -0.399 e. The standard InChI is InChI=1S/C5H7ClNO/c1-8-7-5-3-2-4(5)6/h2,4H,3H2,1H3. The number of nitrogens with zero attached hydrogens (tertiary/aromatic N) is 1. The molecule has 0 aromatic carbocycles. The first kappa shape index (κ1) is 5.89. The fourth-order valence-electron chi connectivity index (χ4n) is 0.517. The molecule has 0 saturated heterocycles. The predicted molar refractivity (Wildman–Crippen MR) is 33.0 cm³/mol. The van der Waals surface area contributed by atoms with Crippen molar-refractivity contribution in [1.82, 2.24) is 0 Å². The van der Waals surface area contributed by atoms with Crippen LogP contribution < -0.4 is 0 Å². The lowest BCUT2D eigenvalue weighted by molar-refractivity contribution is 0.211. The molecule has 0 N–H and O–H groups in total. The van der Waals surface area contributed by atoms with E-state index in [1.165, 1.54) is 7.11 Å². The zero-order valence-electron chi connectivity index (χ0n) is 4.60. The molecular weight excluding hydrogens is 126 g/mol. The van der Waals surface area contributed by atoms with Gasteiger partial charge < -0.3 is 4.84 Å². The summed E-state index contributed by atoms with van der Waals surface area (Å²) in [6, 6.07) is 0. The van der Waals surface area contributed by atoms with Gasteiger partial charge in [0, 0.05) is 0 Å². The lowest BCUT2D eigenvalue weighted by atomic mass is 9.97. The normalized spacial score (nSPS) is 32.2. The van der Waals surface area contributed by atoms with Crippen molar-refractivity contribution < 1.29 is 4.84 Å². The van der Waals surface area contributed by atoms with Crippen LogP contribution in [0.4, 0.5) is 0 Å². The summed E-state index contributed by atoms with van der Waals surface area (Å²) in [5.74, 6) is 0. The molecule has 0 heterocycles. The van der Waals surface area contributed by atoms with Gasteiger partial charge >= 0.3 is 0 Å². The molecule has 1 rings (SSSR count). The van der Waals surface area contributed by atoms with Crippen LogP contribution in [0.2, 0.25) is 0 Å². The van der Waals surface area contributed by atoms with Crippen LogP contribution in [0.5, 0.6) is 0 Å². The molecule has 0 spiro atoms. The first-order chi connectivity index (χ1) is 3.84. The molecule has 1 unspecified atom stereocenters. The third-order valence-electron chi connectivity index (χ3n) is 1.06. The molecule has 1 fully saturated rings. The maximum Gasteiger partial charge on any atom is 0.106 e. The summed E-state index contributed by atoms with van der Waals surface area (Å²) in [5, 5.41) is 3.69. The molecule has 8 heavy (non-hydrogen) atoms. The Morgan fingerprint density at radius 2 is 2.75 bits per heavy atom. The van der Waals surface area contributed by atoms with E-state index in [0.29, 0.717) is 0 Å². The molecule has 0 amide bonds. The van der Waals surface area contributed by atoms with Crippen LogP contribution in [0.15, 0.2) is 5.16 Å². The van der Waals surface area contributed by atoms with Gasteiger partial charge in [0.2, 0.25) is 0 Å².